The molecule has 0 aliphatic carbocycles. The summed E-state index contributed by atoms with van der Waals surface area (Å²) >= 11 is 5.96. The number of anilines is 1. The molecule has 0 fully saturated rings. The van der Waals surface area contributed by atoms with Gasteiger partial charge in [0.25, 0.3) is 0 Å². The summed E-state index contributed by atoms with van der Waals surface area (Å²) in [5, 5.41) is 17.0. The van der Waals surface area contributed by atoms with Crippen molar-refractivity contribution >= 4 is 28.9 Å². The second-order valence-corrected chi connectivity index (χ2v) is 6.01. The zero-order valence-electron chi connectivity index (χ0n) is 13.6. The van der Waals surface area contributed by atoms with Crippen LogP contribution in [0.15, 0.2) is 42.5 Å². The van der Waals surface area contributed by atoms with Crippen molar-refractivity contribution in [1.29, 1.82) is 0 Å². The maximum atomic E-state index is 13.3. The molecule has 0 radical (unpaired) electrons. The molecule has 2 atom stereocenters. The number of amides is 1. The third-order valence-corrected chi connectivity index (χ3v) is 3.89. The minimum atomic E-state index is -0.955. The van der Waals surface area contributed by atoms with Crippen LogP contribution in [0.1, 0.15) is 25.5 Å². The highest BCUT2D eigenvalue weighted by Gasteiger charge is 2.19. The van der Waals surface area contributed by atoms with Crippen molar-refractivity contribution in [3.05, 3.63) is 69.0 Å². The Morgan fingerprint density at radius 1 is 1.24 bits per heavy atom. The van der Waals surface area contributed by atoms with E-state index in [1.165, 1.54) is 6.07 Å². The molecule has 0 aliphatic rings. The third-order valence-electron chi connectivity index (χ3n) is 3.65. The summed E-state index contributed by atoms with van der Waals surface area (Å²) in [6, 6.07) is 9.74. The highest BCUT2D eigenvalue weighted by atomic mass is 35.5. The maximum Gasteiger partial charge on any atom is 0.306 e. The van der Waals surface area contributed by atoms with E-state index in [2.05, 4.69) is 10.6 Å². The number of nitrogens with zero attached hydrogens (tertiary/aromatic N) is 1. The van der Waals surface area contributed by atoms with Crippen molar-refractivity contribution in [3.8, 4) is 0 Å². The van der Waals surface area contributed by atoms with Crippen molar-refractivity contribution in [2.24, 2.45) is 0 Å². The van der Waals surface area contributed by atoms with Crippen LogP contribution in [0.5, 0.6) is 0 Å². The topological polar surface area (TPSA) is 84.3 Å². The number of nitro groups is 1. The summed E-state index contributed by atoms with van der Waals surface area (Å²) in [5.41, 5.74) is 0.387. The van der Waals surface area contributed by atoms with E-state index in [0.29, 0.717) is 5.02 Å². The molecule has 8 heteroatoms. The summed E-state index contributed by atoms with van der Waals surface area (Å²) < 4.78 is 13.3. The van der Waals surface area contributed by atoms with Crippen molar-refractivity contribution < 1.29 is 14.1 Å². The molecular formula is C17H17ClFN3O3. The monoisotopic (exact) mass is 365 g/mol. The normalized spacial score (nSPS) is 13.1. The first-order valence-corrected chi connectivity index (χ1v) is 7.92. The van der Waals surface area contributed by atoms with Gasteiger partial charge in [-0.15, -0.1) is 0 Å². The molecule has 2 aromatic carbocycles. The van der Waals surface area contributed by atoms with Gasteiger partial charge in [-0.2, -0.15) is 4.39 Å². The lowest BCUT2D eigenvalue weighted by Gasteiger charge is -2.20. The number of carbonyl (C=O) groups excluding carboxylic acids is 1. The Labute approximate surface area is 149 Å². The fourth-order valence-corrected chi connectivity index (χ4v) is 2.50. The first-order chi connectivity index (χ1) is 11.8. The largest absolute Gasteiger partial charge is 0.324 e. The van der Waals surface area contributed by atoms with Gasteiger partial charge in [-0.25, -0.2) is 0 Å². The first-order valence-electron chi connectivity index (χ1n) is 7.54. The van der Waals surface area contributed by atoms with Gasteiger partial charge in [0.05, 0.1) is 11.0 Å². The van der Waals surface area contributed by atoms with Gasteiger partial charge in [0.2, 0.25) is 11.7 Å². The Kier molecular flexibility index (Phi) is 6.06. The van der Waals surface area contributed by atoms with Crippen LogP contribution in [0.4, 0.5) is 15.8 Å². The fourth-order valence-electron chi connectivity index (χ4n) is 2.30. The van der Waals surface area contributed by atoms with Crippen LogP contribution in [-0.2, 0) is 4.79 Å². The smallest absolute Gasteiger partial charge is 0.306 e. The lowest BCUT2D eigenvalue weighted by atomic mass is 10.1. The van der Waals surface area contributed by atoms with Gasteiger partial charge in [0, 0.05) is 22.8 Å². The number of nitrogens with one attached hydrogen (secondary N) is 2. The minimum absolute atomic E-state index is 0.137. The molecule has 0 unspecified atom stereocenters. The standard InChI is InChI=1S/C17H17ClFN3O3/c1-10(12-4-3-5-13(18)8-12)20-11(2)17(23)21-14-6-7-15(19)16(9-14)22(24)25/h3-11,20H,1-2H3,(H,21,23)/t10-,11+/m1/s1. The molecule has 2 N–H and O–H groups in total. The summed E-state index contributed by atoms with van der Waals surface area (Å²) in [6.45, 7) is 3.55. The van der Waals surface area contributed by atoms with Crippen LogP contribution in [0.25, 0.3) is 0 Å². The van der Waals surface area contributed by atoms with Gasteiger partial charge < -0.3 is 5.32 Å². The molecule has 132 valence electrons. The Morgan fingerprint density at radius 3 is 2.60 bits per heavy atom. The van der Waals surface area contributed by atoms with E-state index < -0.39 is 28.4 Å². The molecule has 0 aliphatic heterocycles. The minimum Gasteiger partial charge on any atom is -0.324 e. The average molecular weight is 366 g/mol. The summed E-state index contributed by atoms with van der Waals surface area (Å²) in [4.78, 5) is 22.2. The number of hydrogen-bond donors (Lipinski definition) is 2. The van der Waals surface area contributed by atoms with Crippen LogP contribution in [0, 0.1) is 15.9 Å². The fraction of sp³-hybridized carbons (Fsp3) is 0.235. The summed E-state index contributed by atoms with van der Waals surface area (Å²) in [7, 11) is 0. The second kappa shape index (κ2) is 8.04. The summed E-state index contributed by atoms with van der Waals surface area (Å²) in [5.74, 6) is -1.35. The van der Waals surface area contributed by atoms with Crippen LogP contribution < -0.4 is 10.6 Å². The SMILES string of the molecule is C[C@H](N[C@H](C)c1cccc(Cl)c1)C(=O)Nc1ccc(F)c([N+](=O)[O-])c1. The molecule has 0 heterocycles. The molecule has 0 aromatic heterocycles. The number of benzene rings is 2. The van der Waals surface area contributed by atoms with E-state index in [4.69, 9.17) is 11.6 Å². The molecule has 0 bridgehead atoms. The molecule has 2 rings (SSSR count). The van der Waals surface area contributed by atoms with Gasteiger partial charge in [-0.05, 0) is 43.7 Å². The van der Waals surface area contributed by atoms with Gasteiger partial charge in [0.1, 0.15) is 0 Å². The highest BCUT2D eigenvalue weighted by molar-refractivity contribution is 6.30. The number of hydrogen-bond acceptors (Lipinski definition) is 4. The predicted molar refractivity (Wildman–Crippen MR) is 94.1 cm³/mol. The number of carbonyl (C=O) groups is 1. The molecule has 0 spiro atoms. The van der Waals surface area contributed by atoms with Crippen LogP contribution in [0.3, 0.4) is 0 Å². The van der Waals surface area contributed by atoms with E-state index in [0.717, 1.165) is 17.7 Å². The zero-order chi connectivity index (χ0) is 18.6. The Bertz CT molecular complexity index is 800. The number of rotatable bonds is 6. The molecule has 25 heavy (non-hydrogen) atoms. The maximum absolute atomic E-state index is 13.3. The Balaban J connectivity index is 2.03. The van der Waals surface area contributed by atoms with Crippen molar-refractivity contribution in [1.82, 2.24) is 5.32 Å². The molecule has 2 aromatic rings. The average Bonchev–Trinajstić information content (AvgIpc) is 2.56. The Hall–Kier alpha value is -2.51. The molecule has 1 amide bonds. The lowest BCUT2D eigenvalue weighted by Crippen LogP contribution is -2.39. The van der Waals surface area contributed by atoms with Gasteiger partial charge >= 0.3 is 5.69 Å². The van der Waals surface area contributed by atoms with E-state index in [1.54, 1.807) is 19.1 Å². The van der Waals surface area contributed by atoms with Gasteiger partial charge in [-0.3, -0.25) is 20.2 Å². The van der Waals surface area contributed by atoms with E-state index >= 15 is 0 Å². The van der Waals surface area contributed by atoms with Crippen molar-refractivity contribution in [2.45, 2.75) is 25.9 Å². The van der Waals surface area contributed by atoms with Crippen molar-refractivity contribution in [2.75, 3.05) is 5.32 Å². The van der Waals surface area contributed by atoms with Crippen molar-refractivity contribution in [3.63, 3.8) is 0 Å². The third kappa shape index (κ3) is 4.98. The highest BCUT2D eigenvalue weighted by Crippen LogP contribution is 2.22. The van der Waals surface area contributed by atoms with E-state index in [-0.39, 0.29) is 11.7 Å². The number of halogens is 2. The van der Waals surface area contributed by atoms with E-state index in [1.807, 2.05) is 19.1 Å². The quantitative estimate of drug-likeness (QED) is 0.597. The number of nitro benzene ring substituents is 1. The van der Waals surface area contributed by atoms with Crippen LogP contribution in [-0.4, -0.2) is 16.9 Å². The Morgan fingerprint density at radius 2 is 1.96 bits per heavy atom. The van der Waals surface area contributed by atoms with Crippen LogP contribution >= 0.6 is 11.6 Å². The van der Waals surface area contributed by atoms with Crippen LogP contribution in [0.2, 0.25) is 5.02 Å². The molecule has 0 saturated heterocycles. The lowest BCUT2D eigenvalue weighted by molar-refractivity contribution is -0.387. The zero-order valence-corrected chi connectivity index (χ0v) is 14.4. The second-order valence-electron chi connectivity index (χ2n) is 5.58. The molecular weight excluding hydrogens is 349 g/mol. The van der Waals surface area contributed by atoms with E-state index in [9.17, 15) is 19.3 Å². The first kappa shape index (κ1) is 18.8. The molecule has 0 saturated carbocycles. The van der Waals surface area contributed by atoms with Gasteiger partial charge in [0.15, 0.2) is 0 Å². The summed E-state index contributed by atoms with van der Waals surface area (Å²) in [6.07, 6.45) is 0. The van der Waals surface area contributed by atoms with Gasteiger partial charge in [-0.1, -0.05) is 23.7 Å². The molecule has 6 nitrogen and oxygen atoms in total. The predicted octanol–water partition coefficient (Wildman–Crippen LogP) is 4.07.